The fourth-order valence-electron chi connectivity index (χ4n) is 1.56. The number of aromatic nitrogens is 2. The summed E-state index contributed by atoms with van der Waals surface area (Å²) in [6, 6.07) is 6.04. The molecule has 2 rings (SSSR count). The van der Waals surface area contributed by atoms with Gasteiger partial charge in [-0.05, 0) is 37.1 Å². The van der Waals surface area contributed by atoms with E-state index in [4.69, 9.17) is 4.74 Å². The van der Waals surface area contributed by atoms with E-state index in [1.807, 2.05) is 0 Å². The lowest BCUT2D eigenvalue weighted by molar-refractivity contribution is 0.457. The fourth-order valence-corrected chi connectivity index (χ4v) is 1.56. The number of rotatable bonds is 5. The Labute approximate surface area is 111 Å². The van der Waals surface area contributed by atoms with Crippen LogP contribution in [0.3, 0.4) is 0 Å². The first-order valence-corrected chi connectivity index (χ1v) is 6.20. The lowest BCUT2D eigenvalue weighted by Crippen LogP contribution is -2.04. The smallest absolute Gasteiger partial charge is 0.225 e. The van der Waals surface area contributed by atoms with Crippen LogP contribution in [-0.4, -0.2) is 16.5 Å². The second-order valence-corrected chi connectivity index (χ2v) is 4.16. The van der Waals surface area contributed by atoms with Gasteiger partial charge in [0.15, 0.2) is 0 Å². The normalized spacial score (nSPS) is 10.3. The molecule has 1 heterocycles. The maximum absolute atomic E-state index is 13.0. The Morgan fingerprint density at radius 3 is 2.89 bits per heavy atom. The average Bonchev–Trinajstić information content (AvgIpc) is 2.40. The molecule has 2 aromatic rings. The third kappa shape index (κ3) is 3.64. The first kappa shape index (κ1) is 13.3. The third-order valence-electron chi connectivity index (χ3n) is 2.51. The van der Waals surface area contributed by atoms with Gasteiger partial charge in [0.05, 0.1) is 0 Å². The van der Waals surface area contributed by atoms with Crippen LogP contribution in [0.25, 0.3) is 0 Å². The van der Waals surface area contributed by atoms with Gasteiger partial charge in [-0.1, -0.05) is 6.92 Å². The van der Waals surface area contributed by atoms with E-state index in [1.54, 1.807) is 25.3 Å². The van der Waals surface area contributed by atoms with Gasteiger partial charge in [0.25, 0.3) is 0 Å². The van der Waals surface area contributed by atoms with Gasteiger partial charge in [0.1, 0.15) is 11.6 Å². The molecule has 0 amide bonds. The van der Waals surface area contributed by atoms with Crippen molar-refractivity contribution in [3.05, 3.63) is 41.8 Å². The quantitative estimate of drug-likeness (QED) is 0.894. The molecule has 4 nitrogen and oxygen atoms in total. The Kier molecular flexibility index (Phi) is 4.28. The SMILES string of the molecule is CCCNc1nccc(Oc2ccc(F)cc2C)n1. The summed E-state index contributed by atoms with van der Waals surface area (Å²) in [5.74, 6) is 1.27. The second kappa shape index (κ2) is 6.13. The van der Waals surface area contributed by atoms with Crippen LogP contribution in [0.1, 0.15) is 18.9 Å². The minimum absolute atomic E-state index is 0.280. The third-order valence-corrected chi connectivity index (χ3v) is 2.51. The van der Waals surface area contributed by atoms with Crippen LogP contribution in [0.4, 0.5) is 10.3 Å². The van der Waals surface area contributed by atoms with Crippen molar-refractivity contribution in [1.29, 1.82) is 0 Å². The van der Waals surface area contributed by atoms with Crippen molar-refractivity contribution in [2.75, 3.05) is 11.9 Å². The predicted octanol–water partition coefficient (Wildman–Crippen LogP) is 3.54. The average molecular weight is 261 g/mol. The number of hydrogen-bond donors (Lipinski definition) is 1. The zero-order valence-electron chi connectivity index (χ0n) is 11.0. The molecule has 0 fully saturated rings. The van der Waals surface area contributed by atoms with Crippen LogP contribution in [0.5, 0.6) is 11.6 Å². The molecule has 0 aliphatic rings. The van der Waals surface area contributed by atoms with Crippen molar-refractivity contribution in [3.8, 4) is 11.6 Å². The predicted molar refractivity (Wildman–Crippen MR) is 72.0 cm³/mol. The van der Waals surface area contributed by atoms with Gasteiger partial charge in [-0.25, -0.2) is 9.37 Å². The molecular formula is C14H16FN3O. The lowest BCUT2D eigenvalue weighted by atomic mass is 10.2. The molecule has 19 heavy (non-hydrogen) atoms. The highest BCUT2D eigenvalue weighted by molar-refractivity contribution is 5.36. The highest BCUT2D eigenvalue weighted by Gasteiger charge is 2.05. The Bertz CT molecular complexity index is 560. The summed E-state index contributed by atoms with van der Waals surface area (Å²) in [7, 11) is 0. The summed E-state index contributed by atoms with van der Waals surface area (Å²) in [5, 5.41) is 3.08. The van der Waals surface area contributed by atoms with Gasteiger partial charge in [0, 0.05) is 18.8 Å². The highest BCUT2D eigenvalue weighted by atomic mass is 19.1. The molecule has 5 heteroatoms. The van der Waals surface area contributed by atoms with Gasteiger partial charge in [-0.3, -0.25) is 0 Å². The Morgan fingerprint density at radius 2 is 2.16 bits per heavy atom. The van der Waals surface area contributed by atoms with E-state index < -0.39 is 0 Å². The van der Waals surface area contributed by atoms with E-state index in [0.717, 1.165) is 18.5 Å². The zero-order chi connectivity index (χ0) is 13.7. The van der Waals surface area contributed by atoms with Gasteiger partial charge >= 0.3 is 0 Å². The minimum Gasteiger partial charge on any atom is -0.439 e. The van der Waals surface area contributed by atoms with Gasteiger partial charge in [0.2, 0.25) is 11.8 Å². The van der Waals surface area contributed by atoms with Crippen LogP contribution in [0.15, 0.2) is 30.5 Å². The molecule has 0 aliphatic carbocycles. The molecular weight excluding hydrogens is 245 g/mol. The molecule has 0 spiro atoms. The monoisotopic (exact) mass is 261 g/mol. The summed E-state index contributed by atoms with van der Waals surface area (Å²) < 4.78 is 18.6. The van der Waals surface area contributed by atoms with E-state index in [2.05, 4.69) is 22.2 Å². The highest BCUT2D eigenvalue weighted by Crippen LogP contribution is 2.24. The van der Waals surface area contributed by atoms with Crippen molar-refractivity contribution in [1.82, 2.24) is 9.97 Å². The van der Waals surface area contributed by atoms with Gasteiger partial charge in [-0.2, -0.15) is 4.98 Å². The largest absolute Gasteiger partial charge is 0.439 e. The van der Waals surface area contributed by atoms with Crippen molar-refractivity contribution in [2.45, 2.75) is 20.3 Å². The summed E-state index contributed by atoms with van der Waals surface area (Å²) in [6.45, 7) is 4.66. The second-order valence-electron chi connectivity index (χ2n) is 4.16. The van der Waals surface area contributed by atoms with Crippen LogP contribution in [0.2, 0.25) is 0 Å². The van der Waals surface area contributed by atoms with Crippen LogP contribution in [0, 0.1) is 12.7 Å². The molecule has 1 aromatic heterocycles. The molecule has 0 atom stereocenters. The number of ether oxygens (including phenoxy) is 1. The number of halogens is 1. The summed E-state index contributed by atoms with van der Waals surface area (Å²) in [5.41, 5.74) is 0.724. The fraction of sp³-hybridized carbons (Fsp3) is 0.286. The summed E-state index contributed by atoms with van der Waals surface area (Å²) >= 11 is 0. The number of nitrogens with zero attached hydrogens (tertiary/aromatic N) is 2. The molecule has 1 aromatic carbocycles. The lowest BCUT2D eigenvalue weighted by Gasteiger charge is -2.09. The molecule has 0 unspecified atom stereocenters. The van der Waals surface area contributed by atoms with E-state index in [0.29, 0.717) is 17.6 Å². The Hall–Kier alpha value is -2.17. The van der Waals surface area contributed by atoms with Crippen molar-refractivity contribution in [2.24, 2.45) is 0 Å². The number of hydrogen-bond acceptors (Lipinski definition) is 4. The number of anilines is 1. The molecule has 0 aliphatic heterocycles. The van der Waals surface area contributed by atoms with Crippen LogP contribution in [-0.2, 0) is 0 Å². The minimum atomic E-state index is -0.280. The van der Waals surface area contributed by atoms with Crippen LogP contribution < -0.4 is 10.1 Å². The van der Waals surface area contributed by atoms with E-state index in [1.165, 1.54) is 12.1 Å². The van der Waals surface area contributed by atoms with Crippen molar-refractivity contribution < 1.29 is 9.13 Å². The number of nitrogens with one attached hydrogen (secondary N) is 1. The summed E-state index contributed by atoms with van der Waals surface area (Å²) in [6.07, 6.45) is 2.62. The molecule has 1 N–H and O–H groups in total. The first-order chi connectivity index (χ1) is 9.19. The molecule has 0 radical (unpaired) electrons. The summed E-state index contributed by atoms with van der Waals surface area (Å²) in [4.78, 5) is 8.32. The van der Waals surface area contributed by atoms with Gasteiger partial charge in [-0.15, -0.1) is 0 Å². The van der Waals surface area contributed by atoms with Gasteiger partial charge < -0.3 is 10.1 Å². The maximum atomic E-state index is 13.0. The van der Waals surface area contributed by atoms with E-state index in [9.17, 15) is 4.39 Å². The zero-order valence-corrected chi connectivity index (χ0v) is 11.0. The number of benzene rings is 1. The number of aryl methyl sites for hydroxylation is 1. The first-order valence-electron chi connectivity index (χ1n) is 6.20. The Morgan fingerprint density at radius 1 is 1.32 bits per heavy atom. The topological polar surface area (TPSA) is 47.0 Å². The Balaban J connectivity index is 2.14. The van der Waals surface area contributed by atoms with Crippen molar-refractivity contribution >= 4 is 5.95 Å². The maximum Gasteiger partial charge on any atom is 0.225 e. The molecule has 0 saturated heterocycles. The standard InChI is InChI=1S/C14H16FN3O/c1-3-7-16-14-17-8-6-13(18-14)19-12-5-4-11(15)9-10(12)2/h4-6,8-9H,3,7H2,1-2H3,(H,16,17,18). The van der Waals surface area contributed by atoms with E-state index in [-0.39, 0.29) is 5.82 Å². The molecule has 0 bridgehead atoms. The van der Waals surface area contributed by atoms with Crippen LogP contribution >= 0.6 is 0 Å². The van der Waals surface area contributed by atoms with Crippen molar-refractivity contribution in [3.63, 3.8) is 0 Å². The molecule has 0 saturated carbocycles. The van der Waals surface area contributed by atoms with E-state index >= 15 is 0 Å². The molecule has 100 valence electrons.